The minimum absolute atomic E-state index is 0.0393. The van der Waals surface area contributed by atoms with Crippen LogP contribution in [0.5, 0.6) is 0 Å². The third-order valence-electron chi connectivity index (χ3n) is 4.42. The van der Waals surface area contributed by atoms with E-state index in [1.165, 1.54) is 12.8 Å². The average Bonchev–Trinajstić information content (AvgIpc) is 2.63. The lowest BCUT2D eigenvalue weighted by molar-refractivity contribution is -0.000430. The van der Waals surface area contributed by atoms with Crippen molar-refractivity contribution in [3.8, 4) is 0 Å². The van der Waals surface area contributed by atoms with Crippen molar-refractivity contribution in [3.63, 3.8) is 0 Å². The zero-order valence-corrected chi connectivity index (χ0v) is 11.8. The molecule has 1 aromatic carbocycles. The summed E-state index contributed by atoms with van der Waals surface area (Å²) < 4.78 is 5.64. The van der Waals surface area contributed by atoms with Gasteiger partial charge in [-0.15, -0.1) is 0 Å². The molecule has 2 unspecified atom stereocenters. The van der Waals surface area contributed by atoms with Crippen LogP contribution >= 0.6 is 11.6 Å². The molecule has 2 saturated heterocycles. The van der Waals surface area contributed by atoms with Gasteiger partial charge in [0.1, 0.15) is 6.10 Å². The molecule has 0 aliphatic carbocycles. The number of esters is 1. The summed E-state index contributed by atoms with van der Waals surface area (Å²) in [7, 11) is 2.18. The van der Waals surface area contributed by atoms with E-state index in [9.17, 15) is 4.79 Å². The molecule has 102 valence electrons. The van der Waals surface area contributed by atoms with Gasteiger partial charge >= 0.3 is 5.97 Å². The van der Waals surface area contributed by atoms with Crippen LogP contribution in [-0.4, -0.2) is 36.1 Å². The Hall–Kier alpha value is -1.06. The van der Waals surface area contributed by atoms with Crippen molar-refractivity contribution in [2.75, 3.05) is 7.05 Å². The molecule has 3 rings (SSSR count). The molecule has 0 radical (unpaired) electrons. The molecule has 0 saturated carbocycles. The van der Waals surface area contributed by atoms with Gasteiger partial charge < -0.3 is 9.64 Å². The van der Waals surface area contributed by atoms with Crippen molar-refractivity contribution in [1.29, 1.82) is 0 Å². The van der Waals surface area contributed by atoms with Gasteiger partial charge in [0.25, 0.3) is 0 Å². The lowest BCUT2D eigenvalue weighted by atomic mass is 10.0. The van der Waals surface area contributed by atoms with Gasteiger partial charge in [-0.05, 0) is 32.0 Å². The second kappa shape index (κ2) is 5.14. The van der Waals surface area contributed by atoms with Crippen LogP contribution in [0.1, 0.15) is 36.0 Å². The largest absolute Gasteiger partial charge is 0.459 e. The highest BCUT2D eigenvalue weighted by atomic mass is 35.5. The summed E-state index contributed by atoms with van der Waals surface area (Å²) in [6, 6.07) is 8.20. The molecule has 3 nitrogen and oxygen atoms in total. The van der Waals surface area contributed by atoms with Crippen LogP contribution in [0.4, 0.5) is 0 Å². The Morgan fingerprint density at radius 2 is 1.89 bits per heavy atom. The number of halogens is 1. The summed E-state index contributed by atoms with van der Waals surface area (Å²) in [5.41, 5.74) is 0.468. The van der Waals surface area contributed by atoms with Gasteiger partial charge in [0.15, 0.2) is 0 Å². The van der Waals surface area contributed by atoms with Crippen molar-refractivity contribution < 1.29 is 9.53 Å². The summed E-state index contributed by atoms with van der Waals surface area (Å²) in [5, 5.41) is 0.461. The number of benzene rings is 1. The molecule has 2 bridgehead atoms. The van der Waals surface area contributed by atoms with Gasteiger partial charge in [-0.25, -0.2) is 4.79 Å². The fraction of sp³-hybridized carbons (Fsp3) is 0.533. The molecule has 2 fully saturated rings. The number of nitrogens with zero attached hydrogens (tertiary/aromatic N) is 1. The van der Waals surface area contributed by atoms with Gasteiger partial charge in [-0.1, -0.05) is 23.7 Å². The lowest BCUT2D eigenvalue weighted by Crippen LogP contribution is -2.43. The van der Waals surface area contributed by atoms with Crippen LogP contribution in [0.15, 0.2) is 24.3 Å². The fourth-order valence-electron chi connectivity index (χ4n) is 3.30. The van der Waals surface area contributed by atoms with Crippen molar-refractivity contribution >= 4 is 17.6 Å². The van der Waals surface area contributed by atoms with E-state index in [1.54, 1.807) is 18.2 Å². The molecule has 2 aliphatic heterocycles. The summed E-state index contributed by atoms with van der Waals surface area (Å²) in [6.07, 6.45) is 4.38. The number of carbonyl (C=O) groups is 1. The van der Waals surface area contributed by atoms with Crippen molar-refractivity contribution in [1.82, 2.24) is 4.90 Å². The maximum Gasteiger partial charge on any atom is 0.339 e. The van der Waals surface area contributed by atoms with Crippen LogP contribution < -0.4 is 0 Å². The predicted molar refractivity (Wildman–Crippen MR) is 74.5 cm³/mol. The van der Waals surface area contributed by atoms with Crippen LogP contribution in [0.3, 0.4) is 0 Å². The second-order valence-corrected chi connectivity index (χ2v) is 5.94. The SMILES string of the molecule is CN1C2CCC1CC(OC(=O)c1ccccc1Cl)C2. The smallest absolute Gasteiger partial charge is 0.339 e. The number of carbonyl (C=O) groups excluding carboxylic acids is 1. The Morgan fingerprint density at radius 3 is 2.53 bits per heavy atom. The van der Waals surface area contributed by atoms with Gasteiger partial charge in [0.2, 0.25) is 0 Å². The van der Waals surface area contributed by atoms with Crippen molar-refractivity contribution in [2.24, 2.45) is 0 Å². The highest BCUT2D eigenvalue weighted by Gasteiger charge is 2.39. The zero-order chi connectivity index (χ0) is 13.4. The standard InChI is InChI=1S/C15H18ClNO2/c1-17-10-6-7-11(17)9-12(8-10)19-15(18)13-4-2-3-5-14(13)16/h2-5,10-12H,6-9H2,1H3. The first-order valence-electron chi connectivity index (χ1n) is 6.82. The van der Waals surface area contributed by atoms with Gasteiger partial charge in [-0.3, -0.25) is 0 Å². The van der Waals surface area contributed by atoms with Crippen molar-refractivity contribution in [2.45, 2.75) is 43.9 Å². The molecule has 2 heterocycles. The Morgan fingerprint density at radius 1 is 1.26 bits per heavy atom. The fourth-order valence-corrected chi connectivity index (χ4v) is 3.51. The first-order valence-corrected chi connectivity index (χ1v) is 7.20. The Labute approximate surface area is 118 Å². The van der Waals surface area contributed by atoms with E-state index in [0.717, 1.165) is 12.8 Å². The zero-order valence-electron chi connectivity index (χ0n) is 11.0. The molecule has 19 heavy (non-hydrogen) atoms. The molecule has 2 aliphatic rings. The number of fused-ring (bicyclic) bond motifs is 2. The van der Waals surface area contributed by atoms with Gasteiger partial charge in [0, 0.05) is 24.9 Å². The van der Waals surface area contributed by atoms with Gasteiger partial charge in [0.05, 0.1) is 10.6 Å². The van der Waals surface area contributed by atoms with E-state index < -0.39 is 0 Å². The third-order valence-corrected chi connectivity index (χ3v) is 4.75. The molecular formula is C15H18ClNO2. The molecule has 0 N–H and O–H groups in total. The maximum atomic E-state index is 12.1. The molecule has 1 aromatic rings. The molecule has 0 amide bonds. The quantitative estimate of drug-likeness (QED) is 0.779. The van der Waals surface area contributed by atoms with Crippen LogP contribution in [0.2, 0.25) is 5.02 Å². The van der Waals surface area contributed by atoms with Crippen LogP contribution in [0, 0.1) is 0 Å². The molecule has 4 heteroatoms. The predicted octanol–water partition coefficient (Wildman–Crippen LogP) is 3.12. The first kappa shape index (κ1) is 12.9. The van der Waals surface area contributed by atoms with E-state index in [4.69, 9.17) is 16.3 Å². The minimum Gasteiger partial charge on any atom is -0.459 e. The number of hydrogen-bond donors (Lipinski definition) is 0. The third kappa shape index (κ3) is 2.49. The van der Waals surface area contributed by atoms with Crippen LogP contribution in [0.25, 0.3) is 0 Å². The second-order valence-electron chi connectivity index (χ2n) is 5.53. The summed E-state index contributed by atoms with van der Waals surface area (Å²) in [6.45, 7) is 0. The number of piperidine rings is 1. The van der Waals surface area contributed by atoms with E-state index >= 15 is 0 Å². The minimum atomic E-state index is -0.292. The number of rotatable bonds is 2. The lowest BCUT2D eigenvalue weighted by Gasteiger charge is -2.35. The topological polar surface area (TPSA) is 29.5 Å². The van der Waals surface area contributed by atoms with E-state index in [2.05, 4.69) is 11.9 Å². The Bertz CT molecular complexity index is 477. The number of hydrogen-bond acceptors (Lipinski definition) is 3. The highest BCUT2D eigenvalue weighted by molar-refractivity contribution is 6.33. The molecular weight excluding hydrogens is 262 g/mol. The molecule has 2 atom stereocenters. The maximum absolute atomic E-state index is 12.1. The van der Waals surface area contributed by atoms with E-state index in [1.807, 2.05) is 6.07 Å². The average molecular weight is 280 g/mol. The summed E-state index contributed by atoms with van der Waals surface area (Å²) in [5.74, 6) is -0.292. The van der Waals surface area contributed by atoms with E-state index in [-0.39, 0.29) is 12.1 Å². The Kier molecular flexibility index (Phi) is 3.50. The monoisotopic (exact) mass is 279 g/mol. The number of ether oxygens (including phenoxy) is 1. The summed E-state index contributed by atoms with van der Waals surface area (Å²) >= 11 is 6.02. The van der Waals surface area contributed by atoms with Crippen molar-refractivity contribution in [3.05, 3.63) is 34.9 Å². The normalized spacial score (nSPS) is 30.3. The van der Waals surface area contributed by atoms with Gasteiger partial charge in [-0.2, -0.15) is 0 Å². The summed E-state index contributed by atoms with van der Waals surface area (Å²) in [4.78, 5) is 14.6. The van der Waals surface area contributed by atoms with Crippen LogP contribution in [-0.2, 0) is 4.74 Å². The molecule has 0 aromatic heterocycles. The Balaban J connectivity index is 1.67. The molecule has 0 spiro atoms. The highest BCUT2D eigenvalue weighted by Crippen LogP contribution is 2.35. The first-order chi connectivity index (χ1) is 9.15. The van der Waals surface area contributed by atoms with E-state index in [0.29, 0.717) is 22.7 Å².